The molecule has 8 heteroatoms. The van der Waals surface area contributed by atoms with Gasteiger partial charge in [0.05, 0.1) is 5.02 Å². The van der Waals surface area contributed by atoms with E-state index in [1.165, 1.54) is 22.8 Å². The Kier molecular flexibility index (Phi) is 2.61. The molecule has 90 valence electrons. The van der Waals surface area contributed by atoms with Gasteiger partial charge in [0.1, 0.15) is 11.0 Å². The van der Waals surface area contributed by atoms with Crippen LogP contribution in [0.1, 0.15) is 0 Å². The number of hydrogen-bond donors (Lipinski definition) is 0. The van der Waals surface area contributed by atoms with Crippen LogP contribution in [-0.4, -0.2) is 25.0 Å². The smallest absolute Gasteiger partial charge is 0.206 e. The summed E-state index contributed by atoms with van der Waals surface area (Å²) in [6.07, 6.45) is 1.48. The van der Waals surface area contributed by atoms with Crippen molar-refractivity contribution in [1.82, 2.24) is 25.0 Å². The predicted molar refractivity (Wildman–Crippen MR) is 64.0 cm³/mol. The number of nitrogens with zero attached hydrogens (tertiary/aromatic N) is 5. The molecule has 0 bridgehead atoms. The van der Waals surface area contributed by atoms with Gasteiger partial charge in [-0.1, -0.05) is 34.4 Å². The zero-order valence-corrected chi connectivity index (χ0v) is 10.2. The van der Waals surface area contributed by atoms with E-state index < -0.39 is 5.82 Å². The molecule has 5 nitrogen and oxygen atoms in total. The van der Waals surface area contributed by atoms with E-state index in [9.17, 15) is 4.39 Å². The molecular weight excluding hydrogens is 280 g/mol. The van der Waals surface area contributed by atoms with Crippen molar-refractivity contribution in [3.8, 4) is 11.1 Å². The SMILES string of the molecule is Fc1cccc(Cl)c1-c1cn2nnnc2nc1Cl. The third kappa shape index (κ3) is 1.70. The summed E-state index contributed by atoms with van der Waals surface area (Å²) in [5.41, 5.74) is 0.508. The first kappa shape index (κ1) is 11.3. The first-order valence-electron chi connectivity index (χ1n) is 4.85. The Morgan fingerprint density at radius 2 is 2.06 bits per heavy atom. The van der Waals surface area contributed by atoms with Crippen LogP contribution in [0.15, 0.2) is 24.4 Å². The van der Waals surface area contributed by atoms with Gasteiger partial charge in [0, 0.05) is 17.3 Å². The molecule has 0 spiro atoms. The van der Waals surface area contributed by atoms with Gasteiger partial charge in [-0.15, -0.1) is 0 Å². The number of tetrazole rings is 1. The summed E-state index contributed by atoms with van der Waals surface area (Å²) in [5.74, 6) is -0.255. The second kappa shape index (κ2) is 4.15. The van der Waals surface area contributed by atoms with Crippen LogP contribution in [0.2, 0.25) is 10.2 Å². The van der Waals surface area contributed by atoms with Crippen molar-refractivity contribution in [3.63, 3.8) is 0 Å². The van der Waals surface area contributed by atoms with Crippen LogP contribution in [-0.2, 0) is 0 Å². The van der Waals surface area contributed by atoms with Crippen molar-refractivity contribution in [2.24, 2.45) is 0 Å². The van der Waals surface area contributed by atoms with Gasteiger partial charge in [-0.05, 0) is 22.6 Å². The molecule has 0 saturated heterocycles. The van der Waals surface area contributed by atoms with Gasteiger partial charge in [-0.2, -0.15) is 9.50 Å². The van der Waals surface area contributed by atoms with Crippen LogP contribution in [0, 0.1) is 5.82 Å². The standard InChI is InChI=1S/C10H4Cl2FN5/c11-6-2-1-3-7(13)8(6)5-4-18-10(14-9(5)12)15-16-17-18/h1-4H. The van der Waals surface area contributed by atoms with Crippen LogP contribution in [0.25, 0.3) is 16.9 Å². The largest absolute Gasteiger partial charge is 0.274 e. The molecule has 18 heavy (non-hydrogen) atoms. The molecule has 0 saturated carbocycles. The molecule has 0 fully saturated rings. The van der Waals surface area contributed by atoms with Crippen molar-refractivity contribution in [2.45, 2.75) is 0 Å². The van der Waals surface area contributed by atoms with E-state index in [0.717, 1.165) is 0 Å². The Morgan fingerprint density at radius 3 is 2.83 bits per heavy atom. The van der Waals surface area contributed by atoms with Crippen molar-refractivity contribution >= 4 is 29.0 Å². The van der Waals surface area contributed by atoms with E-state index in [-0.39, 0.29) is 21.5 Å². The molecule has 1 aromatic carbocycles. The van der Waals surface area contributed by atoms with Crippen LogP contribution >= 0.6 is 23.2 Å². The van der Waals surface area contributed by atoms with Crippen LogP contribution in [0.3, 0.4) is 0 Å². The third-order valence-corrected chi connectivity index (χ3v) is 2.98. The van der Waals surface area contributed by atoms with Gasteiger partial charge >= 0.3 is 0 Å². The average molecular weight is 284 g/mol. The van der Waals surface area contributed by atoms with Gasteiger partial charge in [-0.25, -0.2) is 4.39 Å². The lowest BCUT2D eigenvalue weighted by Crippen LogP contribution is -1.96. The van der Waals surface area contributed by atoms with Gasteiger partial charge in [-0.3, -0.25) is 0 Å². The number of hydrogen-bond acceptors (Lipinski definition) is 4. The molecule has 0 aliphatic rings. The predicted octanol–water partition coefficient (Wildman–Crippen LogP) is 2.63. The molecule has 0 radical (unpaired) electrons. The highest BCUT2D eigenvalue weighted by molar-refractivity contribution is 6.35. The van der Waals surface area contributed by atoms with Gasteiger partial charge < -0.3 is 0 Å². The topological polar surface area (TPSA) is 56.0 Å². The van der Waals surface area contributed by atoms with E-state index >= 15 is 0 Å². The van der Waals surface area contributed by atoms with Crippen molar-refractivity contribution in [3.05, 3.63) is 40.4 Å². The summed E-state index contributed by atoms with van der Waals surface area (Å²) in [6, 6.07) is 4.37. The minimum atomic E-state index is -0.487. The molecule has 0 N–H and O–H groups in total. The van der Waals surface area contributed by atoms with Crippen molar-refractivity contribution in [2.75, 3.05) is 0 Å². The van der Waals surface area contributed by atoms with Gasteiger partial charge in [0.2, 0.25) is 0 Å². The average Bonchev–Trinajstić information content (AvgIpc) is 2.76. The van der Waals surface area contributed by atoms with Crippen LogP contribution in [0.4, 0.5) is 4.39 Å². The zero-order valence-electron chi connectivity index (χ0n) is 8.68. The minimum absolute atomic E-state index is 0.0873. The Hall–Kier alpha value is -1.79. The van der Waals surface area contributed by atoms with Crippen molar-refractivity contribution in [1.29, 1.82) is 0 Å². The number of fused-ring (bicyclic) bond motifs is 1. The summed E-state index contributed by atoms with van der Waals surface area (Å²) in [7, 11) is 0. The fraction of sp³-hybridized carbons (Fsp3) is 0. The maximum Gasteiger partial charge on any atom is 0.274 e. The third-order valence-electron chi connectivity index (χ3n) is 2.38. The second-order valence-electron chi connectivity index (χ2n) is 3.47. The quantitative estimate of drug-likeness (QED) is 0.644. The number of halogens is 3. The maximum atomic E-state index is 13.8. The summed E-state index contributed by atoms with van der Waals surface area (Å²) in [6.45, 7) is 0. The maximum absolute atomic E-state index is 13.8. The number of rotatable bonds is 1. The fourth-order valence-corrected chi connectivity index (χ4v) is 2.08. The fourth-order valence-electron chi connectivity index (χ4n) is 1.59. The highest BCUT2D eigenvalue weighted by Gasteiger charge is 2.16. The molecule has 0 atom stereocenters. The van der Waals surface area contributed by atoms with Gasteiger partial charge in [0.25, 0.3) is 5.78 Å². The molecule has 2 aromatic heterocycles. The Morgan fingerprint density at radius 1 is 1.22 bits per heavy atom. The van der Waals surface area contributed by atoms with Gasteiger partial charge in [0.15, 0.2) is 0 Å². The molecule has 0 unspecified atom stereocenters. The van der Waals surface area contributed by atoms with E-state index in [4.69, 9.17) is 23.2 Å². The molecule has 3 aromatic rings. The first-order valence-corrected chi connectivity index (χ1v) is 5.61. The molecule has 2 heterocycles. The lowest BCUT2D eigenvalue weighted by Gasteiger charge is -2.07. The van der Waals surface area contributed by atoms with E-state index in [1.54, 1.807) is 6.07 Å². The molecule has 0 aliphatic carbocycles. The number of benzene rings is 1. The van der Waals surface area contributed by atoms with E-state index in [2.05, 4.69) is 20.5 Å². The molecular formula is C10H4Cl2FN5. The van der Waals surface area contributed by atoms with Crippen molar-refractivity contribution < 1.29 is 4.39 Å². The summed E-state index contributed by atoms with van der Waals surface area (Å²) in [5, 5.41) is 11.1. The first-order chi connectivity index (χ1) is 8.66. The lowest BCUT2D eigenvalue weighted by molar-refractivity contribution is 0.631. The van der Waals surface area contributed by atoms with E-state index in [0.29, 0.717) is 5.56 Å². The normalized spacial score (nSPS) is 11.1. The molecule has 3 rings (SSSR count). The molecule has 0 aliphatic heterocycles. The lowest BCUT2D eigenvalue weighted by atomic mass is 10.1. The van der Waals surface area contributed by atoms with Crippen LogP contribution in [0.5, 0.6) is 0 Å². The van der Waals surface area contributed by atoms with E-state index in [1.807, 2.05) is 0 Å². The highest BCUT2D eigenvalue weighted by Crippen LogP contribution is 2.34. The summed E-state index contributed by atoms with van der Waals surface area (Å²) >= 11 is 12.0. The molecule has 0 amide bonds. The second-order valence-corrected chi connectivity index (χ2v) is 4.23. The Balaban J connectivity index is 2.34. The number of aromatic nitrogens is 5. The summed E-state index contributed by atoms with van der Waals surface area (Å²) < 4.78 is 15.1. The monoisotopic (exact) mass is 283 g/mol. The Bertz CT molecular complexity index is 722. The Labute approximate surface area is 110 Å². The highest BCUT2D eigenvalue weighted by atomic mass is 35.5. The summed E-state index contributed by atoms with van der Waals surface area (Å²) in [4.78, 5) is 3.96. The van der Waals surface area contributed by atoms with Crippen LogP contribution < -0.4 is 0 Å². The minimum Gasteiger partial charge on any atom is -0.206 e. The zero-order chi connectivity index (χ0) is 12.7.